The zero-order chi connectivity index (χ0) is 14.9. The highest BCUT2D eigenvalue weighted by atomic mass is 16.3. The van der Waals surface area contributed by atoms with Gasteiger partial charge in [0.25, 0.3) is 0 Å². The summed E-state index contributed by atoms with van der Waals surface area (Å²) >= 11 is 0. The molecule has 114 valence electrons. The van der Waals surface area contributed by atoms with Crippen LogP contribution in [0, 0.1) is 5.41 Å². The van der Waals surface area contributed by atoms with Crippen LogP contribution in [0.25, 0.3) is 0 Å². The monoisotopic (exact) mass is 289 g/mol. The molecule has 5 N–H and O–H groups in total. The van der Waals surface area contributed by atoms with Gasteiger partial charge in [0, 0.05) is 17.6 Å². The van der Waals surface area contributed by atoms with E-state index in [1.807, 2.05) is 12.1 Å². The number of carbonyl (C=O) groups is 1. The predicted octanol–water partition coefficient (Wildman–Crippen LogP) is 2.12. The summed E-state index contributed by atoms with van der Waals surface area (Å²) in [5, 5.41) is 16.0. The standard InChI is InChI=1S/C16H23N3O2/c17-12-6-11-7-15(21)19-13(11)8-14(12)18-9-16(10-20)4-2-1-3-5-16/h6,8,18,20H,1-5,7,9-10,17H2,(H,19,21). The van der Waals surface area contributed by atoms with Crippen LogP contribution in [0.2, 0.25) is 0 Å². The number of nitrogens with one attached hydrogen (secondary N) is 2. The number of aliphatic hydroxyl groups is 1. The van der Waals surface area contributed by atoms with Crippen molar-refractivity contribution in [2.75, 3.05) is 29.5 Å². The molecule has 1 aromatic rings. The highest BCUT2D eigenvalue weighted by molar-refractivity contribution is 6.00. The molecule has 0 atom stereocenters. The molecule has 1 saturated carbocycles. The number of amides is 1. The van der Waals surface area contributed by atoms with Gasteiger partial charge in [-0.05, 0) is 30.5 Å². The summed E-state index contributed by atoms with van der Waals surface area (Å²) in [5.74, 6) is 0.0145. The summed E-state index contributed by atoms with van der Waals surface area (Å²) in [6, 6.07) is 3.77. The van der Waals surface area contributed by atoms with E-state index in [0.717, 1.165) is 36.3 Å². The van der Waals surface area contributed by atoms with Crippen molar-refractivity contribution in [3.8, 4) is 0 Å². The molecule has 0 bridgehead atoms. The molecule has 1 aromatic carbocycles. The molecule has 2 aliphatic rings. The van der Waals surface area contributed by atoms with E-state index >= 15 is 0 Å². The average Bonchev–Trinajstić information content (AvgIpc) is 2.85. The molecule has 0 saturated heterocycles. The van der Waals surface area contributed by atoms with E-state index < -0.39 is 0 Å². The Morgan fingerprint density at radius 3 is 2.76 bits per heavy atom. The van der Waals surface area contributed by atoms with Crippen LogP contribution in [0.3, 0.4) is 0 Å². The number of nitrogen functional groups attached to an aromatic ring is 1. The fraction of sp³-hybridized carbons (Fsp3) is 0.562. The van der Waals surface area contributed by atoms with Crippen molar-refractivity contribution in [3.63, 3.8) is 0 Å². The Bertz CT molecular complexity index is 551. The number of carbonyl (C=O) groups excluding carboxylic acids is 1. The maximum atomic E-state index is 11.4. The lowest BCUT2D eigenvalue weighted by atomic mass is 9.74. The highest BCUT2D eigenvalue weighted by Gasteiger charge is 2.31. The van der Waals surface area contributed by atoms with Gasteiger partial charge >= 0.3 is 0 Å². The van der Waals surface area contributed by atoms with Gasteiger partial charge in [0.1, 0.15) is 0 Å². The van der Waals surface area contributed by atoms with Crippen molar-refractivity contribution in [1.82, 2.24) is 0 Å². The van der Waals surface area contributed by atoms with Crippen molar-refractivity contribution in [3.05, 3.63) is 17.7 Å². The molecule has 5 nitrogen and oxygen atoms in total. The second-order valence-electron chi connectivity index (χ2n) is 6.39. The smallest absolute Gasteiger partial charge is 0.228 e. The second kappa shape index (κ2) is 5.56. The van der Waals surface area contributed by atoms with Crippen molar-refractivity contribution in [2.45, 2.75) is 38.5 Å². The first kappa shape index (κ1) is 14.2. The number of nitrogens with two attached hydrogens (primary N) is 1. The zero-order valence-corrected chi connectivity index (χ0v) is 12.2. The van der Waals surface area contributed by atoms with Crippen LogP contribution in [-0.4, -0.2) is 24.2 Å². The number of hydrogen-bond acceptors (Lipinski definition) is 4. The van der Waals surface area contributed by atoms with Crippen LogP contribution in [0.5, 0.6) is 0 Å². The van der Waals surface area contributed by atoms with E-state index in [1.54, 1.807) is 0 Å². The molecule has 1 aliphatic carbocycles. The number of anilines is 3. The van der Waals surface area contributed by atoms with E-state index in [1.165, 1.54) is 19.3 Å². The Balaban J connectivity index is 1.73. The molecule has 1 heterocycles. The summed E-state index contributed by atoms with van der Waals surface area (Å²) in [4.78, 5) is 11.4. The second-order valence-corrected chi connectivity index (χ2v) is 6.39. The molecule has 0 unspecified atom stereocenters. The maximum Gasteiger partial charge on any atom is 0.228 e. The number of fused-ring (bicyclic) bond motifs is 1. The number of rotatable bonds is 4. The number of hydrogen-bond donors (Lipinski definition) is 4. The summed E-state index contributed by atoms with van der Waals surface area (Å²) in [6.07, 6.45) is 6.13. The minimum Gasteiger partial charge on any atom is -0.397 e. The van der Waals surface area contributed by atoms with E-state index in [0.29, 0.717) is 12.1 Å². The minimum absolute atomic E-state index is 0.0145. The Hall–Kier alpha value is -1.75. The van der Waals surface area contributed by atoms with Crippen LogP contribution in [0.1, 0.15) is 37.7 Å². The first-order valence-electron chi connectivity index (χ1n) is 7.69. The molecule has 0 spiro atoms. The van der Waals surface area contributed by atoms with Crippen LogP contribution in [0.4, 0.5) is 17.1 Å². The SMILES string of the molecule is Nc1cc2c(cc1NCC1(CO)CCCCC1)NC(=O)C2. The van der Waals surface area contributed by atoms with Gasteiger partial charge in [-0.3, -0.25) is 4.79 Å². The number of aliphatic hydroxyl groups excluding tert-OH is 1. The predicted molar refractivity (Wildman–Crippen MR) is 84.3 cm³/mol. The van der Waals surface area contributed by atoms with Crippen LogP contribution >= 0.6 is 0 Å². The largest absolute Gasteiger partial charge is 0.397 e. The average molecular weight is 289 g/mol. The van der Waals surface area contributed by atoms with Gasteiger partial charge in [0.05, 0.1) is 24.4 Å². The Kier molecular flexibility index (Phi) is 3.76. The Morgan fingerprint density at radius 1 is 1.29 bits per heavy atom. The lowest BCUT2D eigenvalue weighted by Gasteiger charge is -2.36. The summed E-state index contributed by atoms with van der Waals surface area (Å²) < 4.78 is 0. The van der Waals surface area contributed by atoms with Gasteiger partial charge in [-0.2, -0.15) is 0 Å². The van der Waals surface area contributed by atoms with Gasteiger partial charge < -0.3 is 21.5 Å². The van der Waals surface area contributed by atoms with Crippen molar-refractivity contribution < 1.29 is 9.90 Å². The Labute approximate surface area is 124 Å². The zero-order valence-electron chi connectivity index (χ0n) is 12.2. The topological polar surface area (TPSA) is 87.4 Å². The highest BCUT2D eigenvalue weighted by Crippen LogP contribution is 2.37. The van der Waals surface area contributed by atoms with Gasteiger partial charge in [-0.25, -0.2) is 0 Å². The molecular formula is C16H23N3O2. The molecule has 1 aliphatic heterocycles. The van der Waals surface area contributed by atoms with Crippen LogP contribution in [0.15, 0.2) is 12.1 Å². The van der Waals surface area contributed by atoms with E-state index in [9.17, 15) is 9.90 Å². The van der Waals surface area contributed by atoms with E-state index in [2.05, 4.69) is 10.6 Å². The summed E-state index contributed by atoms with van der Waals surface area (Å²) in [5.41, 5.74) is 9.35. The van der Waals surface area contributed by atoms with Gasteiger partial charge in [-0.15, -0.1) is 0 Å². The molecule has 1 amide bonds. The first-order chi connectivity index (χ1) is 10.1. The molecule has 5 heteroatoms. The van der Waals surface area contributed by atoms with Crippen LogP contribution in [-0.2, 0) is 11.2 Å². The fourth-order valence-electron chi connectivity index (χ4n) is 3.42. The van der Waals surface area contributed by atoms with Crippen molar-refractivity contribution in [2.24, 2.45) is 5.41 Å². The molecule has 21 heavy (non-hydrogen) atoms. The van der Waals surface area contributed by atoms with Gasteiger partial charge in [0.15, 0.2) is 0 Å². The van der Waals surface area contributed by atoms with Gasteiger partial charge in [-0.1, -0.05) is 19.3 Å². The fourth-order valence-corrected chi connectivity index (χ4v) is 3.42. The lowest BCUT2D eigenvalue weighted by Crippen LogP contribution is -2.35. The third-order valence-corrected chi connectivity index (χ3v) is 4.80. The molecule has 0 radical (unpaired) electrons. The minimum atomic E-state index is -0.0348. The Morgan fingerprint density at radius 2 is 2.05 bits per heavy atom. The van der Waals surface area contributed by atoms with Gasteiger partial charge in [0.2, 0.25) is 5.91 Å². The van der Waals surface area contributed by atoms with Crippen LogP contribution < -0.4 is 16.4 Å². The quantitative estimate of drug-likeness (QED) is 0.639. The lowest BCUT2D eigenvalue weighted by molar-refractivity contribution is -0.115. The van der Waals surface area contributed by atoms with Crippen molar-refractivity contribution >= 4 is 23.0 Å². The normalized spacial score (nSPS) is 20.0. The molecule has 3 rings (SSSR count). The molecule has 1 fully saturated rings. The van der Waals surface area contributed by atoms with Crippen molar-refractivity contribution in [1.29, 1.82) is 0 Å². The third kappa shape index (κ3) is 2.83. The summed E-state index contributed by atoms with van der Waals surface area (Å²) in [6.45, 7) is 0.933. The maximum absolute atomic E-state index is 11.4. The first-order valence-corrected chi connectivity index (χ1v) is 7.69. The number of benzene rings is 1. The third-order valence-electron chi connectivity index (χ3n) is 4.80. The van der Waals surface area contributed by atoms with E-state index in [4.69, 9.17) is 5.73 Å². The molecular weight excluding hydrogens is 266 g/mol. The molecule has 0 aromatic heterocycles. The summed E-state index contributed by atoms with van der Waals surface area (Å²) in [7, 11) is 0. The van der Waals surface area contributed by atoms with E-state index in [-0.39, 0.29) is 17.9 Å².